The van der Waals surface area contributed by atoms with Gasteiger partial charge in [0, 0.05) is 13.2 Å². The highest BCUT2D eigenvalue weighted by atomic mass is 35.5. The number of hydrogen-bond acceptors (Lipinski definition) is 2. The molecule has 5 heteroatoms. The average Bonchev–Trinajstić information content (AvgIpc) is 2.83. The summed E-state index contributed by atoms with van der Waals surface area (Å²) in [6.07, 6.45) is 1.71. The number of hydrogen-bond donors (Lipinski definition) is 1. The summed E-state index contributed by atoms with van der Waals surface area (Å²) in [5.74, 6) is -0.256. The molecule has 0 fully saturated rings. The van der Waals surface area contributed by atoms with Gasteiger partial charge in [0.15, 0.2) is 0 Å². The molecule has 1 unspecified atom stereocenters. The van der Waals surface area contributed by atoms with E-state index < -0.39 is 0 Å². The average molecular weight is 264 g/mol. The van der Waals surface area contributed by atoms with Crippen molar-refractivity contribution in [2.24, 2.45) is 7.05 Å². The molecular formula is C13H14ClN3O. The molecule has 18 heavy (non-hydrogen) atoms. The molecule has 0 aliphatic rings. The summed E-state index contributed by atoms with van der Waals surface area (Å²) < 4.78 is 1.74. The van der Waals surface area contributed by atoms with Gasteiger partial charge in [0.05, 0.1) is 11.7 Å². The van der Waals surface area contributed by atoms with Crippen molar-refractivity contribution in [1.29, 1.82) is 0 Å². The maximum atomic E-state index is 11.5. The van der Waals surface area contributed by atoms with Gasteiger partial charge in [-0.3, -0.25) is 9.48 Å². The predicted octanol–water partition coefficient (Wildman–Crippen LogP) is 1.86. The van der Waals surface area contributed by atoms with Gasteiger partial charge in [-0.15, -0.1) is 11.6 Å². The quantitative estimate of drug-likeness (QED) is 0.856. The summed E-state index contributed by atoms with van der Waals surface area (Å²) in [5, 5.41) is 7.02. The highest BCUT2D eigenvalue weighted by Gasteiger charge is 2.18. The molecule has 0 saturated heterocycles. The lowest BCUT2D eigenvalue weighted by atomic mass is 10.0. The first-order valence-corrected chi connectivity index (χ1v) is 6.14. The van der Waals surface area contributed by atoms with Crippen molar-refractivity contribution in [1.82, 2.24) is 15.1 Å². The molecule has 0 saturated carbocycles. The summed E-state index contributed by atoms with van der Waals surface area (Å²) in [5.41, 5.74) is 1.92. The zero-order chi connectivity index (χ0) is 13.0. The lowest BCUT2D eigenvalue weighted by Crippen LogP contribution is -2.31. The molecule has 0 radical (unpaired) electrons. The highest BCUT2D eigenvalue weighted by Crippen LogP contribution is 2.21. The summed E-state index contributed by atoms with van der Waals surface area (Å²) in [7, 11) is 1.85. The minimum Gasteiger partial charge on any atom is -0.343 e. The van der Waals surface area contributed by atoms with E-state index in [1.54, 1.807) is 10.9 Å². The lowest BCUT2D eigenvalue weighted by molar-refractivity contribution is -0.119. The third kappa shape index (κ3) is 2.71. The standard InChI is InChI=1S/C13H14ClN3O/c1-17-11(7-8-15-17)13(16-12(18)9-14)10-5-3-2-4-6-10/h2-8,13H,9H2,1H3,(H,16,18). The first-order valence-electron chi connectivity index (χ1n) is 5.60. The minimum absolute atomic E-state index is 0.0544. The van der Waals surface area contributed by atoms with E-state index in [0.29, 0.717) is 0 Å². The molecule has 0 aliphatic carbocycles. The Hall–Kier alpha value is -1.81. The van der Waals surface area contributed by atoms with Gasteiger partial charge in [-0.25, -0.2) is 0 Å². The molecule has 0 aliphatic heterocycles. The second-order valence-electron chi connectivity index (χ2n) is 3.92. The first kappa shape index (κ1) is 12.6. The lowest BCUT2D eigenvalue weighted by Gasteiger charge is -2.19. The second-order valence-corrected chi connectivity index (χ2v) is 4.19. The topological polar surface area (TPSA) is 46.9 Å². The fourth-order valence-corrected chi connectivity index (χ4v) is 1.92. The van der Waals surface area contributed by atoms with Gasteiger partial charge < -0.3 is 5.32 Å². The number of rotatable bonds is 4. The number of aromatic nitrogens is 2. The van der Waals surface area contributed by atoms with E-state index in [2.05, 4.69) is 10.4 Å². The first-order chi connectivity index (χ1) is 8.72. The van der Waals surface area contributed by atoms with Crippen molar-refractivity contribution in [3.63, 3.8) is 0 Å². The van der Waals surface area contributed by atoms with Gasteiger partial charge in [-0.2, -0.15) is 5.10 Å². The van der Waals surface area contributed by atoms with E-state index in [1.807, 2.05) is 43.4 Å². The number of carbonyl (C=O) groups excluding carboxylic acids is 1. The smallest absolute Gasteiger partial charge is 0.235 e. The Kier molecular flexibility index (Phi) is 3.99. The Balaban J connectivity index is 2.35. The van der Waals surface area contributed by atoms with Gasteiger partial charge >= 0.3 is 0 Å². The molecule has 2 rings (SSSR count). The van der Waals surface area contributed by atoms with Crippen LogP contribution in [-0.2, 0) is 11.8 Å². The zero-order valence-corrected chi connectivity index (χ0v) is 10.8. The van der Waals surface area contributed by atoms with Crippen molar-refractivity contribution in [3.8, 4) is 0 Å². The minimum atomic E-state index is -0.232. The van der Waals surface area contributed by atoms with Crippen molar-refractivity contribution in [2.45, 2.75) is 6.04 Å². The van der Waals surface area contributed by atoms with Crippen molar-refractivity contribution >= 4 is 17.5 Å². The molecule has 4 nitrogen and oxygen atoms in total. The molecule has 1 amide bonds. The Labute approximate surface area is 111 Å². The molecule has 1 N–H and O–H groups in total. The molecule has 2 aromatic rings. The molecule has 94 valence electrons. The van der Waals surface area contributed by atoms with Gasteiger partial charge in [-0.1, -0.05) is 30.3 Å². The third-order valence-corrected chi connectivity index (χ3v) is 2.96. The van der Waals surface area contributed by atoms with Crippen LogP contribution in [0.2, 0.25) is 0 Å². The number of carbonyl (C=O) groups is 1. The fraction of sp³-hybridized carbons (Fsp3) is 0.231. The fourth-order valence-electron chi connectivity index (χ4n) is 1.84. The summed E-state index contributed by atoms with van der Waals surface area (Å²) >= 11 is 5.55. The molecule has 1 aromatic heterocycles. The Morgan fingerprint density at radius 1 is 1.39 bits per heavy atom. The van der Waals surface area contributed by atoms with E-state index in [1.165, 1.54) is 0 Å². The molecule has 1 heterocycles. The van der Waals surface area contributed by atoms with Gasteiger partial charge in [0.1, 0.15) is 5.88 Å². The summed E-state index contributed by atoms with van der Waals surface area (Å²) in [6.45, 7) is 0. The van der Waals surface area contributed by atoms with Crippen molar-refractivity contribution in [2.75, 3.05) is 5.88 Å². The number of aryl methyl sites for hydroxylation is 1. The van der Waals surface area contributed by atoms with Crippen LogP contribution in [0, 0.1) is 0 Å². The largest absolute Gasteiger partial charge is 0.343 e. The maximum Gasteiger partial charge on any atom is 0.235 e. The zero-order valence-electron chi connectivity index (χ0n) is 10.0. The summed E-state index contributed by atoms with van der Waals surface area (Å²) in [4.78, 5) is 11.5. The number of nitrogens with zero attached hydrogens (tertiary/aromatic N) is 2. The van der Waals surface area contributed by atoms with Gasteiger partial charge in [0.25, 0.3) is 0 Å². The number of benzene rings is 1. The molecule has 1 aromatic carbocycles. The van der Waals surface area contributed by atoms with Crippen molar-refractivity contribution in [3.05, 3.63) is 53.9 Å². The van der Waals surface area contributed by atoms with Gasteiger partial charge in [-0.05, 0) is 11.6 Å². The SMILES string of the molecule is Cn1nccc1C(NC(=O)CCl)c1ccccc1. The van der Waals surface area contributed by atoms with Crippen LogP contribution >= 0.6 is 11.6 Å². The number of amides is 1. The number of alkyl halides is 1. The van der Waals surface area contributed by atoms with Crippen LogP contribution in [0.5, 0.6) is 0 Å². The van der Waals surface area contributed by atoms with Crippen LogP contribution in [0.1, 0.15) is 17.3 Å². The Morgan fingerprint density at radius 2 is 2.11 bits per heavy atom. The Bertz CT molecular complexity index is 524. The maximum absolute atomic E-state index is 11.5. The van der Waals surface area contributed by atoms with Crippen LogP contribution in [-0.4, -0.2) is 21.6 Å². The van der Waals surface area contributed by atoms with E-state index in [-0.39, 0.29) is 17.8 Å². The normalized spacial score (nSPS) is 12.1. The third-order valence-electron chi connectivity index (χ3n) is 2.71. The van der Waals surface area contributed by atoms with E-state index in [4.69, 9.17) is 11.6 Å². The second kappa shape index (κ2) is 5.69. The van der Waals surface area contributed by atoms with Crippen LogP contribution in [0.3, 0.4) is 0 Å². The van der Waals surface area contributed by atoms with E-state index >= 15 is 0 Å². The summed E-state index contributed by atoms with van der Waals surface area (Å²) in [6, 6.07) is 11.4. The van der Waals surface area contributed by atoms with Crippen LogP contribution in [0.4, 0.5) is 0 Å². The van der Waals surface area contributed by atoms with Crippen molar-refractivity contribution < 1.29 is 4.79 Å². The van der Waals surface area contributed by atoms with Crippen LogP contribution in [0.15, 0.2) is 42.6 Å². The highest BCUT2D eigenvalue weighted by molar-refractivity contribution is 6.27. The van der Waals surface area contributed by atoms with Crippen LogP contribution < -0.4 is 5.32 Å². The molecule has 0 bridgehead atoms. The Morgan fingerprint density at radius 3 is 2.67 bits per heavy atom. The number of nitrogens with one attached hydrogen (secondary N) is 1. The van der Waals surface area contributed by atoms with E-state index in [0.717, 1.165) is 11.3 Å². The molecule has 0 spiro atoms. The monoisotopic (exact) mass is 263 g/mol. The molecular weight excluding hydrogens is 250 g/mol. The molecule has 1 atom stereocenters. The van der Waals surface area contributed by atoms with Gasteiger partial charge in [0.2, 0.25) is 5.91 Å². The van der Waals surface area contributed by atoms with E-state index in [9.17, 15) is 4.79 Å². The number of halogens is 1. The predicted molar refractivity (Wildman–Crippen MR) is 70.4 cm³/mol. The van der Waals surface area contributed by atoms with Crippen LogP contribution in [0.25, 0.3) is 0 Å².